The lowest BCUT2D eigenvalue weighted by molar-refractivity contribution is -0.118. The Balaban J connectivity index is 3.51. The standard InChI is InChI=1S/C10H16N4O/c1-9(15)10(14-8-12)5-3-2-4-6-13-7-11/h10,13-14H,2-6H2,1H3. The Morgan fingerprint density at radius 2 is 2.00 bits per heavy atom. The van der Waals surface area contributed by atoms with Gasteiger partial charge in [0.25, 0.3) is 0 Å². The van der Waals surface area contributed by atoms with Crippen LogP contribution in [0, 0.1) is 22.9 Å². The minimum Gasteiger partial charge on any atom is -0.324 e. The van der Waals surface area contributed by atoms with Gasteiger partial charge in [-0.15, -0.1) is 0 Å². The zero-order chi connectivity index (χ0) is 11.5. The first kappa shape index (κ1) is 13.2. The number of hydrogen-bond donors (Lipinski definition) is 2. The molecule has 82 valence electrons. The highest BCUT2D eigenvalue weighted by Crippen LogP contribution is 2.04. The molecule has 0 aromatic heterocycles. The molecule has 15 heavy (non-hydrogen) atoms. The molecule has 0 rings (SSSR count). The number of unbranched alkanes of at least 4 members (excludes halogenated alkanes) is 2. The summed E-state index contributed by atoms with van der Waals surface area (Å²) in [6, 6.07) is -0.348. The molecule has 0 aliphatic carbocycles. The molecule has 0 heterocycles. The Hall–Kier alpha value is -1.75. The van der Waals surface area contributed by atoms with Gasteiger partial charge in [-0.25, -0.2) is 0 Å². The summed E-state index contributed by atoms with van der Waals surface area (Å²) >= 11 is 0. The van der Waals surface area contributed by atoms with Gasteiger partial charge in [0.1, 0.15) is 0 Å². The van der Waals surface area contributed by atoms with Crippen molar-refractivity contribution in [2.45, 2.75) is 38.6 Å². The number of nitrogens with one attached hydrogen (secondary N) is 2. The van der Waals surface area contributed by atoms with E-state index in [1.165, 1.54) is 6.92 Å². The molecular formula is C10H16N4O. The van der Waals surface area contributed by atoms with E-state index >= 15 is 0 Å². The second-order valence-corrected chi connectivity index (χ2v) is 3.31. The van der Waals surface area contributed by atoms with Gasteiger partial charge in [0.05, 0.1) is 6.04 Å². The minimum absolute atomic E-state index is 0.00769. The van der Waals surface area contributed by atoms with Crippen LogP contribution in [-0.2, 0) is 4.79 Å². The zero-order valence-electron chi connectivity index (χ0n) is 8.92. The molecule has 0 radical (unpaired) electrons. The summed E-state index contributed by atoms with van der Waals surface area (Å²) in [5, 5.41) is 21.6. The Kier molecular flexibility index (Phi) is 7.80. The second kappa shape index (κ2) is 8.83. The fourth-order valence-corrected chi connectivity index (χ4v) is 1.25. The van der Waals surface area contributed by atoms with Gasteiger partial charge in [0.15, 0.2) is 18.2 Å². The van der Waals surface area contributed by atoms with Gasteiger partial charge in [-0.2, -0.15) is 10.5 Å². The van der Waals surface area contributed by atoms with Crippen molar-refractivity contribution in [2.75, 3.05) is 6.54 Å². The van der Waals surface area contributed by atoms with Crippen molar-refractivity contribution in [2.24, 2.45) is 0 Å². The van der Waals surface area contributed by atoms with Crippen LogP contribution < -0.4 is 10.6 Å². The van der Waals surface area contributed by atoms with Crippen LogP contribution >= 0.6 is 0 Å². The molecule has 0 fully saturated rings. The van der Waals surface area contributed by atoms with Crippen molar-refractivity contribution in [3.05, 3.63) is 0 Å². The number of Topliss-reactive ketones (excluding diaryl/α,β-unsaturated/α-hetero) is 1. The number of rotatable bonds is 8. The molecule has 0 amide bonds. The molecule has 0 aromatic rings. The number of ketones is 1. The molecule has 5 nitrogen and oxygen atoms in total. The van der Waals surface area contributed by atoms with Crippen LogP contribution in [0.3, 0.4) is 0 Å². The maximum atomic E-state index is 11.0. The summed E-state index contributed by atoms with van der Waals surface area (Å²) in [6.45, 7) is 2.15. The van der Waals surface area contributed by atoms with Crippen LogP contribution in [0.4, 0.5) is 0 Å². The van der Waals surface area contributed by atoms with Crippen LogP contribution in [0.1, 0.15) is 32.6 Å². The van der Waals surface area contributed by atoms with Gasteiger partial charge in [0.2, 0.25) is 0 Å². The Labute approximate surface area is 90.1 Å². The summed E-state index contributed by atoms with van der Waals surface area (Å²) in [5.41, 5.74) is 0. The average Bonchev–Trinajstić information content (AvgIpc) is 2.21. The van der Waals surface area contributed by atoms with Gasteiger partial charge in [-0.05, 0) is 19.8 Å². The van der Waals surface area contributed by atoms with E-state index in [4.69, 9.17) is 10.5 Å². The minimum atomic E-state index is -0.348. The Morgan fingerprint density at radius 1 is 1.27 bits per heavy atom. The topological polar surface area (TPSA) is 88.7 Å². The Morgan fingerprint density at radius 3 is 2.53 bits per heavy atom. The quantitative estimate of drug-likeness (QED) is 0.347. The lowest BCUT2D eigenvalue weighted by atomic mass is 10.1. The first-order valence-corrected chi connectivity index (χ1v) is 4.99. The molecule has 0 aliphatic heterocycles. The van der Waals surface area contributed by atoms with Crippen LogP contribution in [0.25, 0.3) is 0 Å². The Bertz CT molecular complexity index is 264. The highest BCUT2D eigenvalue weighted by atomic mass is 16.1. The lowest BCUT2D eigenvalue weighted by Crippen LogP contribution is -2.31. The summed E-state index contributed by atoms with van der Waals surface area (Å²) < 4.78 is 0. The van der Waals surface area contributed by atoms with Gasteiger partial charge in [-0.3, -0.25) is 4.79 Å². The monoisotopic (exact) mass is 208 g/mol. The number of carbonyl (C=O) groups is 1. The lowest BCUT2D eigenvalue weighted by Gasteiger charge is -2.10. The molecule has 0 spiro atoms. The fraction of sp³-hybridized carbons (Fsp3) is 0.700. The van der Waals surface area contributed by atoms with Crippen molar-refractivity contribution in [3.63, 3.8) is 0 Å². The predicted molar refractivity (Wildman–Crippen MR) is 55.3 cm³/mol. The van der Waals surface area contributed by atoms with Crippen molar-refractivity contribution >= 4 is 5.78 Å². The van der Waals surface area contributed by atoms with E-state index in [2.05, 4.69) is 10.6 Å². The van der Waals surface area contributed by atoms with Crippen LogP contribution in [0.2, 0.25) is 0 Å². The van der Waals surface area contributed by atoms with E-state index < -0.39 is 0 Å². The highest BCUT2D eigenvalue weighted by Gasteiger charge is 2.11. The molecule has 0 saturated heterocycles. The van der Waals surface area contributed by atoms with Crippen molar-refractivity contribution in [1.82, 2.24) is 10.6 Å². The number of nitriles is 2. The fourth-order valence-electron chi connectivity index (χ4n) is 1.25. The summed E-state index contributed by atoms with van der Waals surface area (Å²) in [5.74, 6) is -0.00769. The van der Waals surface area contributed by atoms with Crippen molar-refractivity contribution in [3.8, 4) is 12.4 Å². The van der Waals surface area contributed by atoms with Gasteiger partial charge >= 0.3 is 0 Å². The number of nitrogens with zero attached hydrogens (tertiary/aromatic N) is 2. The second-order valence-electron chi connectivity index (χ2n) is 3.31. The number of carbonyl (C=O) groups excluding carboxylic acids is 1. The maximum Gasteiger partial charge on any atom is 0.177 e. The molecule has 0 aliphatic rings. The van der Waals surface area contributed by atoms with Gasteiger partial charge < -0.3 is 10.6 Å². The molecule has 1 unspecified atom stereocenters. The largest absolute Gasteiger partial charge is 0.324 e. The van der Waals surface area contributed by atoms with Crippen molar-refractivity contribution in [1.29, 1.82) is 10.5 Å². The molecule has 1 atom stereocenters. The molecular weight excluding hydrogens is 192 g/mol. The third-order valence-corrected chi connectivity index (χ3v) is 2.10. The number of hydrogen-bond acceptors (Lipinski definition) is 5. The van der Waals surface area contributed by atoms with E-state index in [1.54, 1.807) is 6.19 Å². The van der Waals surface area contributed by atoms with Crippen LogP contribution in [0.5, 0.6) is 0 Å². The highest BCUT2D eigenvalue weighted by molar-refractivity contribution is 5.81. The van der Waals surface area contributed by atoms with Crippen LogP contribution in [-0.4, -0.2) is 18.4 Å². The smallest absolute Gasteiger partial charge is 0.177 e. The molecule has 0 aromatic carbocycles. The van der Waals surface area contributed by atoms with Gasteiger partial charge in [0, 0.05) is 6.54 Å². The third-order valence-electron chi connectivity index (χ3n) is 2.10. The van der Waals surface area contributed by atoms with Crippen LogP contribution in [0.15, 0.2) is 0 Å². The summed E-state index contributed by atoms with van der Waals surface area (Å²) in [4.78, 5) is 11.0. The first-order chi connectivity index (χ1) is 7.22. The summed E-state index contributed by atoms with van der Waals surface area (Å²) in [7, 11) is 0. The maximum absolute atomic E-state index is 11.0. The van der Waals surface area contributed by atoms with Crippen molar-refractivity contribution < 1.29 is 4.79 Å². The third kappa shape index (κ3) is 7.33. The van der Waals surface area contributed by atoms with E-state index in [9.17, 15) is 4.79 Å². The van der Waals surface area contributed by atoms with E-state index in [-0.39, 0.29) is 11.8 Å². The molecule has 2 N–H and O–H groups in total. The average molecular weight is 208 g/mol. The predicted octanol–water partition coefficient (Wildman–Crippen LogP) is 0.646. The first-order valence-electron chi connectivity index (χ1n) is 4.99. The zero-order valence-corrected chi connectivity index (χ0v) is 8.92. The summed E-state index contributed by atoms with van der Waals surface area (Å²) in [6.07, 6.45) is 7.04. The van der Waals surface area contributed by atoms with E-state index in [0.29, 0.717) is 13.0 Å². The van der Waals surface area contributed by atoms with E-state index in [0.717, 1.165) is 19.3 Å². The molecule has 5 heteroatoms. The van der Waals surface area contributed by atoms with E-state index in [1.807, 2.05) is 6.19 Å². The molecule has 0 saturated carbocycles. The normalized spacial score (nSPS) is 10.9. The molecule has 0 bridgehead atoms. The SMILES string of the molecule is CC(=O)C(CCCCCNC#N)NC#N. The van der Waals surface area contributed by atoms with Gasteiger partial charge in [-0.1, -0.05) is 12.8 Å².